The van der Waals surface area contributed by atoms with E-state index >= 15 is 0 Å². The van der Waals surface area contributed by atoms with Crippen molar-refractivity contribution >= 4 is 5.97 Å². The maximum Gasteiger partial charge on any atom is 0.304 e. The quantitative estimate of drug-likeness (QED) is 0.668. The van der Waals surface area contributed by atoms with Gasteiger partial charge in [-0.15, -0.1) is 0 Å². The molecule has 1 atom stereocenters. The third-order valence-electron chi connectivity index (χ3n) is 1.89. The third kappa shape index (κ3) is 2.11. The number of rotatable bonds is 2. The predicted octanol–water partition coefficient (Wildman–Crippen LogP) is 1.99. The Morgan fingerprint density at radius 1 is 1.43 bits per heavy atom. The fourth-order valence-electron chi connectivity index (χ4n) is 1.19. The van der Waals surface area contributed by atoms with Crippen molar-refractivity contribution in [2.75, 3.05) is 0 Å². The lowest BCUT2D eigenvalue weighted by atomic mass is 9.98. The fourth-order valence-corrected chi connectivity index (χ4v) is 1.19. The van der Waals surface area contributed by atoms with E-state index in [9.17, 15) is 4.79 Å². The van der Waals surface area contributed by atoms with E-state index < -0.39 is 11.6 Å². The number of hydrogen-bond donors (Lipinski definition) is 0. The Labute approximate surface area is 82.9 Å². The van der Waals surface area contributed by atoms with Crippen LogP contribution in [-0.4, -0.2) is 5.97 Å². The van der Waals surface area contributed by atoms with Crippen molar-refractivity contribution in [2.45, 2.75) is 19.4 Å². The zero-order valence-electron chi connectivity index (χ0n) is 8.15. The Bertz CT molecular complexity index is 367. The normalized spacial score (nSPS) is 13.8. The van der Waals surface area contributed by atoms with Crippen LogP contribution in [0, 0.1) is 11.3 Å². The SMILES string of the molecule is CC(=O)O[C@](C)(C#N)c1ccccc1. The molecule has 0 saturated carbocycles. The van der Waals surface area contributed by atoms with Gasteiger partial charge in [-0.05, 0) is 6.92 Å². The zero-order valence-corrected chi connectivity index (χ0v) is 8.15. The molecule has 0 amide bonds. The second-order valence-corrected chi connectivity index (χ2v) is 3.10. The first-order chi connectivity index (χ1) is 6.58. The third-order valence-corrected chi connectivity index (χ3v) is 1.89. The summed E-state index contributed by atoms with van der Waals surface area (Å²) in [4.78, 5) is 10.8. The maximum absolute atomic E-state index is 10.8. The van der Waals surface area contributed by atoms with E-state index in [0.29, 0.717) is 5.56 Å². The summed E-state index contributed by atoms with van der Waals surface area (Å²) >= 11 is 0. The summed E-state index contributed by atoms with van der Waals surface area (Å²) in [5.74, 6) is -0.460. The van der Waals surface area contributed by atoms with Crippen LogP contribution in [0.3, 0.4) is 0 Å². The molecule has 0 N–H and O–H groups in total. The van der Waals surface area contributed by atoms with Crippen LogP contribution in [-0.2, 0) is 15.1 Å². The van der Waals surface area contributed by atoms with E-state index in [1.165, 1.54) is 6.92 Å². The van der Waals surface area contributed by atoms with Crippen LogP contribution in [0.15, 0.2) is 30.3 Å². The number of hydrogen-bond acceptors (Lipinski definition) is 3. The molecule has 0 aromatic heterocycles. The van der Waals surface area contributed by atoms with Crippen molar-refractivity contribution in [3.63, 3.8) is 0 Å². The van der Waals surface area contributed by atoms with Crippen molar-refractivity contribution in [1.82, 2.24) is 0 Å². The number of nitriles is 1. The van der Waals surface area contributed by atoms with Crippen molar-refractivity contribution in [1.29, 1.82) is 5.26 Å². The topological polar surface area (TPSA) is 50.1 Å². The summed E-state index contributed by atoms with van der Waals surface area (Å²) in [6, 6.07) is 10.9. The molecule has 72 valence electrons. The highest BCUT2D eigenvalue weighted by atomic mass is 16.6. The Morgan fingerprint density at radius 2 is 2.00 bits per heavy atom. The van der Waals surface area contributed by atoms with Crippen LogP contribution >= 0.6 is 0 Å². The summed E-state index contributed by atoms with van der Waals surface area (Å²) in [5, 5.41) is 8.96. The van der Waals surface area contributed by atoms with Gasteiger partial charge in [-0.25, -0.2) is 0 Å². The molecule has 0 spiro atoms. The monoisotopic (exact) mass is 189 g/mol. The second kappa shape index (κ2) is 3.93. The standard InChI is InChI=1S/C11H11NO2/c1-9(13)14-11(2,8-12)10-6-4-3-5-7-10/h3-7H,1-2H3/t11-/m1/s1. The zero-order chi connectivity index (χ0) is 10.6. The number of esters is 1. The van der Waals surface area contributed by atoms with Gasteiger partial charge in [0.25, 0.3) is 0 Å². The minimum Gasteiger partial charge on any atom is -0.440 e. The molecule has 1 rings (SSSR count). The summed E-state index contributed by atoms with van der Waals surface area (Å²) in [6.07, 6.45) is 0. The maximum atomic E-state index is 10.8. The molecule has 0 aliphatic heterocycles. The highest BCUT2D eigenvalue weighted by Crippen LogP contribution is 2.24. The van der Waals surface area contributed by atoms with Crippen molar-refractivity contribution in [3.05, 3.63) is 35.9 Å². The van der Waals surface area contributed by atoms with E-state index in [1.54, 1.807) is 31.2 Å². The highest BCUT2D eigenvalue weighted by Gasteiger charge is 2.29. The van der Waals surface area contributed by atoms with Gasteiger partial charge in [0.15, 0.2) is 0 Å². The van der Waals surface area contributed by atoms with Crippen LogP contribution in [0.4, 0.5) is 0 Å². The van der Waals surface area contributed by atoms with Gasteiger partial charge in [-0.1, -0.05) is 30.3 Å². The lowest BCUT2D eigenvalue weighted by molar-refractivity contribution is -0.151. The van der Waals surface area contributed by atoms with E-state index in [4.69, 9.17) is 10.00 Å². The summed E-state index contributed by atoms with van der Waals surface area (Å²) in [6.45, 7) is 2.86. The van der Waals surface area contributed by atoms with Crippen molar-refractivity contribution < 1.29 is 9.53 Å². The fraction of sp³-hybridized carbons (Fsp3) is 0.273. The average molecular weight is 189 g/mol. The molecule has 0 unspecified atom stereocenters. The molecule has 1 aromatic rings. The molecule has 3 heteroatoms. The molecule has 0 saturated heterocycles. The summed E-state index contributed by atoms with van der Waals surface area (Å²) in [7, 11) is 0. The Hall–Kier alpha value is -1.82. The van der Waals surface area contributed by atoms with Crippen LogP contribution in [0.2, 0.25) is 0 Å². The molecule has 0 aliphatic rings. The van der Waals surface area contributed by atoms with E-state index in [1.807, 2.05) is 12.1 Å². The Morgan fingerprint density at radius 3 is 2.43 bits per heavy atom. The number of nitrogens with zero attached hydrogens (tertiary/aromatic N) is 1. The van der Waals surface area contributed by atoms with Gasteiger partial charge < -0.3 is 4.74 Å². The number of benzene rings is 1. The number of ether oxygens (including phenoxy) is 1. The molecule has 0 bridgehead atoms. The molecule has 0 heterocycles. The molecule has 0 aliphatic carbocycles. The molecular formula is C11H11NO2. The number of carbonyl (C=O) groups is 1. The highest BCUT2D eigenvalue weighted by molar-refractivity contribution is 5.67. The van der Waals surface area contributed by atoms with E-state index in [-0.39, 0.29) is 0 Å². The average Bonchev–Trinajstić information content (AvgIpc) is 2.18. The minimum atomic E-state index is -1.19. The second-order valence-electron chi connectivity index (χ2n) is 3.10. The molecule has 3 nitrogen and oxygen atoms in total. The van der Waals surface area contributed by atoms with Crippen LogP contribution in [0.1, 0.15) is 19.4 Å². The lowest BCUT2D eigenvalue weighted by Crippen LogP contribution is -2.26. The van der Waals surface area contributed by atoms with Crippen LogP contribution in [0.5, 0.6) is 0 Å². The number of carbonyl (C=O) groups excluding carboxylic acids is 1. The first kappa shape index (κ1) is 10.3. The predicted molar refractivity (Wildman–Crippen MR) is 51.2 cm³/mol. The van der Waals surface area contributed by atoms with Crippen molar-refractivity contribution in [3.8, 4) is 6.07 Å². The Balaban J connectivity index is 3.03. The largest absolute Gasteiger partial charge is 0.440 e. The molecule has 14 heavy (non-hydrogen) atoms. The summed E-state index contributed by atoms with van der Waals surface area (Å²) in [5.41, 5.74) is -0.509. The van der Waals surface area contributed by atoms with Gasteiger partial charge >= 0.3 is 5.97 Å². The van der Waals surface area contributed by atoms with Gasteiger partial charge in [0.1, 0.15) is 6.07 Å². The molecule has 0 radical (unpaired) electrons. The van der Waals surface area contributed by atoms with E-state index in [0.717, 1.165) is 0 Å². The Kier molecular flexibility index (Phi) is 2.88. The minimum absolute atomic E-state index is 0.460. The first-order valence-corrected chi connectivity index (χ1v) is 4.25. The molecular weight excluding hydrogens is 178 g/mol. The summed E-state index contributed by atoms with van der Waals surface area (Å²) < 4.78 is 4.97. The first-order valence-electron chi connectivity index (χ1n) is 4.25. The molecule has 1 aromatic carbocycles. The van der Waals surface area contributed by atoms with Crippen molar-refractivity contribution in [2.24, 2.45) is 0 Å². The molecule has 0 fully saturated rings. The van der Waals surface area contributed by atoms with Crippen LogP contribution in [0.25, 0.3) is 0 Å². The van der Waals surface area contributed by atoms with Gasteiger partial charge in [0.2, 0.25) is 5.60 Å². The lowest BCUT2D eigenvalue weighted by Gasteiger charge is -2.21. The van der Waals surface area contributed by atoms with E-state index in [2.05, 4.69) is 0 Å². The smallest absolute Gasteiger partial charge is 0.304 e. The van der Waals surface area contributed by atoms with Crippen LogP contribution < -0.4 is 0 Å². The van der Waals surface area contributed by atoms with Gasteiger partial charge in [-0.2, -0.15) is 5.26 Å². The van der Waals surface area contributed by atoms with Gasteiger partial charge in [0.05, 0.1) is 0 Å². The van der Waals surface area contributed by atoms with Gasteiger partial charge in [-0.3, -0.25) is 4.79 Å². The van der Waals surface area contributed by atoms with Gasteiger partial charge in [0, 0.05) is 12.5 Å².